The van der Waals surface area contributed by atoms with E-state index in [1.54, 1.807) is 0 Å². The van der Waals surface area contributed by atoms with Gasteiger partial charge in [0.2, 0.25) is 15.9 Å². The summed E-state index contributed by atoms with van der Waals surface area (Å²) in [5.41, 5.74) is -0.766. The molecular weight excluding hydrogens is 413 g/mol. The van der Waals surface area contributed by atoms with Crippen LogP contribution in [0.3, 0.4) is 0 Å². The minimum Gasteiger partial charge on any atom is -0.493 e. The third-order valence-electron chi connectivity index (χ3n) is 3.87. The summed E-state index contributed by atoms with van der Waals surface area (Å²) >= 11 is 0. The molecule has 1 atom stereocenters. The van der Waals surface area contributed by atoms with E-state index in [1.165, 1.54) is 39.3 Å². The fraction of sp³-hybridized carbons (Fsp3) is 0.278. The first-order valence-electron chi connectivity index (χ1n) is 8.20. The Morgan fingerprint density at radius 3 is 2.10 bits per heavy atom. The lowest BCUT2D eigenvalue weighted by molar-refractivity contribution is -0.137. The number of amides is 1. The van der Waals surface area contributed by atoms with E-state index in [-0.39, 0.29) is 16.3 Å². The number of methoxy groups -OCH3 is 2. The summed E-state index contributed by atoms with van der Waals surface area (Å²) in [4.78, 5) is 12.1. The Balaban J connectivity index is 2.10. The Morgan fingerprint density at radius 2 is 1.59 bits per heavy atom. The summed E-state index contributed by atoms with van der Waals surface area (Å²) in [6.07, 6.45) is -4.50. The number of anilines is 1. The van der Waals surface area contributed by atoms with Crippen LogP contribution < -0.4 is 19.5 Å². The van der Waals surface area contributed by atoms with Gasteiger partial charge in [0.25, 0.3) is 0 Å². The quantitative estimate of drug-likeness (QED) is 0.702. The van der Waals surface area contributed by atoms with Gasteiger partial charge in [-0.05, 0) is 43.3 Å². The zero-order chi connectivity index (χ0) is 21.8. The van der Waals surface area contributed by atoms with Gasteiger partial charge in [0.15, 0.2) is 11.5 Å². The SMILES string of the molecule is COc1ccc(S(=O)(=O)N[C@H](C)C(=O)Nc2ccc(C(F)(F)F)cc2)cc1OC. The lowest BCUT2D eigenvalue weighted by atomic mass is 10.2. The number of rotatable bonds is 7. The summed E-state index contributed by atoms with van der Waals surface area (Å²) in [5.74, 6) is -0.217. The lowest BCUT2D eigenvalue weighted by Gasteiger charge is -2.16. The molecule has 0 unspecified atom stereocenters. The number of alkyl halides is 3. The number of halogens is 3. The molecule has 0 aromatic heterocycles. The molecule has 0 aliphatic rings. The summed E-state index contributed by atoms with van der Waals surface area (Å²) in [5, 5.41) is 2.36. The van der Waals surface area contributed by atoms with Crippen LogP contribution in [-0.2, 0) is 21.0 Å². The highest BCUT2D eigenvalue weighted by Gasteiger charge is 2.30. The molecule has 158 valence electrons. The van der Waals surface area contributed by atoms with Crippen molar-refractivity contribution in [3.63, 3.8) is 0 Å². The maximum Gasteiger partial charge on any atom is 0.416 e. The first kappa shape index (κ1) is 22.5. The molecule has 1 amide bonds. The number of carbonyl (C=O) groups is 1. The van der Waals surface area contributed by atoms with Gasteiger partial charge in [0.05, 0.1) is 30.7 Å². The highest BCUT2D eigenvalue weighted by atomic mass is 32.2. The van der Waals surface area contributed by atoms with E-state index in [0.717, 1.165) is 24.3 Å². The van der Waals surface area contributed by atoms with E-state index in [0.29, 0.717) is 5.75 Å². The molecular formula is C18H19F3N2O5S. The number of benzene rings is 2. The monoisotopic (exact) mass is 432 g/mol. The molecule has 0 fully saturated rings. The number of carbonyl (C=O) groups excluding carboxylic acids is 1. The van der Waals surface area contributed by atoms with E-state index < -0.39 is 33.7 Å². The van der Waals surface area contributed by atoms with Crippen LogP contribution in [0.25, 0.3) is 0 Å². The molecule has 0 aliphatic heterocycles. The van der Waals surface area contributed by atoms with Crippen molar-refractivity contribution in [2.75, 3.05) is 19.5 Å². The zero-order valence-electron chi connectivity index (χ0n) is 15.7. The summed E-state index contributed by atoms with van der Waals surface area (Å²) in [6, 6.07) is 6.51. The van der Waals surface area contributed by atoms with Gasteiger partial charge in [-0.1, -0.05) is 0 Å². The van der Waals surface area contributed by atoms with Crippen molar-refractivity contribution in [1.82, 2.24) is 4.72 Å². The maximum absolute atomic E-state index is 12.6. The van der Waals surface area contributed by atoms with Gasteiger partial charge < -0.3 is 14.8 Å². The largest absolute Gasteiger partial charge is 0.493 e. The molecule has 2 aromatic rings. The van der Waals surface area contributed by atoms with Crippen LogP contribution in [0.4, 0.5) is 18.9 Å². The predicted molar refractivity (Wildman–Crippen MR) is 99.4 cm³/mol. The van der Waals surface area contributed by atoms with Crippen molar-refractivity contribution in [3.8, 4) is 11.5 Å². The van der Waals surface area contributed by atoms with Gasteiger partial charge in [-0.2, -0.15) is 17.9 Å². The average Bonchev–Trinajstić information content (AvgIpc) is 2.66. The van der Waals surface area contributed by atoms with Crippen LogP contribution in [0, 0.1) is 0 Å². The summed E-state index contributed by atoms with van der Waals surface area (Å²) < 4.78 is 75.1. The second kappa shape index (κ2) is 8.70. The average molecular weight is 432 g/mol. The van der Waals surface area contributed by atoms with Crippen LogP contribution in [0.2, 0.25) is 0 Å². The van der Waals surface area contributed by atoms with Crippen molar-refractivity contribution in [2.45, 2.75) is 24.0 Å². The maximum atomic E-state index is 12.6. The second-order valence-electron chi connectivity index (χ2n) is 5.92. The Morgan fingerprint density at radius 1 is 1.00 bits per heavy atom. The lowest BCUT2D eigenvalue weighted by Crippen LogP contribution is -2.41. The van der Waals surface area contributed by atoms with E-state index in [9.17, 15) is 26.4 Å². The van der Waals surface area contributed by atoms with Gasteiger partial charge in [-0.15, -0.1) is 0 Å². The van der Waals surface area contributed by atoms with Crippen molar-refractivity contribution in [2.24, 2.45) is 0 Å². The molecule has 7 nitrogen and oxygen atoms in total. The van der Waals surface area contributed by atoms with Crippen molar-refractivity contribution < 1.29 is 35.9 Å². The molecule has 11 heteroatoms. The Bertz CT molecular complexity index is 976. The molecule has 0 radical (unpaired) electrons. The van der Waals surface area contributed by atoms with Crippen LogP contribution >= 0.6 is 0 Å². The van der Waals surface area contributed by atoms with Crippen molar-refractivity contribution in [1.29, 1.82) is 0 Å². The standard InChI is InChI=1S/C18H19F3N2O5S/c1-11(17(24)22-13-6-4-12(5-7-13)18(19,20)21)23-29(25,26)14-8-9-15(27-2)16(10-14)28-3/h4-11,23H,1-3H3,(H,22,24)/t11-/m1/s1. The number of sulfonamides is 1. The Labute approximate surface area is 165 Å². The first-order valence-corrected chi connectivity index (χ1v) is 9.68. The molecule has 2 rings (SSSR count). The van der Waals surface area contributed by atoms with Gasteiger partial charge >= 0.3 is 6.18 Å². The number of nitrogens with one attached hydrogen (secondary N) is 2. The van der Waals surface area contributed by atoms with Crippen molar-refractivity contribution >= 4 is 21.6 Å². The van der Waals surface area contributed by atoms with Crippen LogP contribution in [0.15, 0.2) is 47.4 Å². The molecule has 0 saturated heterocycles. The summed E-state index contributed by atoms with van der Waals surface area (Å²) in [6.45, 7) is 1.30. The molecule has 0 spiro atoms. The predicted octanol–water partition coefficient (Wildman–Crippen LogP) is 3.03. The topological polar surface area (TPSA) is 93.7 Å². The van der Waals surface area contributed by atoms with E-state index in [1.807, 2.05) is 0 Å². The van der Waals surface area contributed by atoms with E-state index in [2.05, 4.69) is 10.0 Å². The van der Waals surface area contributed by atoms with Gasteiger partial charge in [0.1, 0.15) is 0 Å². The van der Waals surface area contributed by atoms with Gasteiger partial charge in [-0.3, -0.25) is 4.79 Å². The third-order valence-corrected chi connectivity index (χ3v) is 5.41. The van der Waals surface area contributed by atoms with Crippen LogP contribution in [0.1, 0.15) is 12.5 Å². The van der Waals surface area contributed by atoms with Crippen molar-refractivity contribution in [3.05, 3.63) is 48.0 Å². The molecule has 0 aliphatic carbocycles. The first-order chi connectivity index (χ1) is 13.5. The highest BCUT2D eigenvalue weighted by Crippen LogP contribution is 2.30. The Hall–Kier alpha value is -2.79. The van der Waals surface area contributed by atoms with E-state index >= 15 is 0 Å². The molecule has 2 aromatic carbocycles. The molecule has 0 heterocycles. The molecule has 29 heavy (non-hydrogen) atoms. The molecule has 0 bridgehead atoms. The van der Waals surface area contributed by atoms with Crippen LogP contribution in [-0.4, -0.2) is 34.6 Å². The minimum absolute atomic E-state index is 0.0974. The number of hydrogen-bond acceptors (Lipinski definition) is 5. The highest BCUT2D eigenvalue weighted by molar-refractivity contribution is 7.89. The normalized spacial score (nSPS) is 12.9. The van der Waals surface area contributed by atoms with Gasteiger partial charge in [-0.25, -0.2) is 8.42 Å². The third kappa shape index (κ3) is 5.61. The number of ether oxygens (including phenoxy) is 2. The van der Waals surface area contributed by atoms with Gasteiger partial charge in [0, 0.05) is 11.8 Å². The zero-order valence-corrected chi connectivity index (χ0v) is 16.5. The fourth-order valence-corrected chi connectivity index (χ4v) is 3.55. The Kier molecular flexibility index (Phi) is 6.75. The minimum atomic E-state index is -4.50. The second-order valence-corrected chi connectivity index (χ2v) is 7.64. The summed E-state index contributed by atoms with van der Waals surface area (Å²) in [7, 11) is -1.33. The molecule has 2 N–H and O–H groups in total. The van der Waals surface area contributed by atoms with Crippen LogP contribution in [0.5, 0.6) is 11.5 Å². The smallest absolute Gasteiger partial charge is 0.416 e. The van der Waals surface area contributed by atoms with E-state index in [4.69, 9.17) is 9.47 Å². The molecule has 0 saturated carbocycles. The number of hydrogen-bond donors (Lipinski definition) is 2. The fourth-order valence-electron chi connectivity index (χ4n) is 2.33.